The lowest BCUT2D eigenvalue weighted by Crippen LogP contribution is -2.45. The van der Waals surface area contributed by atoms with Gasteiger partial charge in [0.1, 0.15) is 0 Å². The lowest BCUT2D eigenvalue weighted by molar-refractivity contribution is 0.407. The van der Waals surface area contributed by atoms with Crippen molar-refractivity contribution >= 4 is 9.84 Å². The number of nitrogens with one attached hydrogen (secondary N) is 1. The van der Waals surface area contributed by atoms with Crippen LogP contribution in [0.4, 0.5) is 0 Å². The van der Waals surface area contributed by atoms with Crippen LogP contribution < -0.4 is 5.32 Å². The summed E-state index contributed by atoms with van der Waals surface area (Å²) in [6.07, 6.45) is 1.74. The Bertz CT molecular complexity index is 564. The van der Waals surface area contributed by atoms with Gasteiger partial charge < -0.3 is 5.32 Å². The average Bonchev–Trinajstić information content (AvgIpc) is 2.36. The van der Waals surface area contributed by atoms with E-state index >= 15 is 0 Å². The summed E-state index contributed by atoms with van der Waals surface area (Å²) in [6, 6.07) is 8.51. The zero-order chi connectivity index (χ0) is 14.8. The largest absolute Gasteiger partial charge is 0.312 e. The van der Waals surface area contributed by atoms with Crippen LogP contribution in [0.5, 0.6) is 0 Å². The molecule has 1 aliphatic heterocycles. The number of hydrogen-bond acceptors (Lipinski definition) is 3. The minimum absolute atomic E-state index is 0.00650. The van der Waals surface area contributed by atoms with Crippen molar-refractivity contribution in [1.29, 1.82) is 0 Å². The van der Waals surface area contributed by atoms with Gasteiger partial charge in [-0.1, -0.05) is 38.1 Å². The van der Waals surface area contributed by atoms with E-state index in [-0.39, 0.29) is 17.2 Å². The molecular formula is C16H25NO2S. The van der Waals surface area contributed by atoms with E-state index in [1.807, 2.05) is 0 Å². The molecule has 0 saturated carbocycles. The quantitative estimate of drug-likeness (QED) is 0.928. The Labute approximate surface area is 122 Å². The fraction of sp³-hybridized carbons (Fsp3) is 0.625. The molecule has 0 aromatic heterocycles. The molecule has 0 bridgehead atoms. The second-order valence-corrected chi connectivity index (χ2v) is 8.76. The number of benzene rings is 1. The van der Waals surface area contributed by atoms with Gasteiger partial charge in [-0.05, 0) is 30.9 Å². The molecule has 20 heavy (non-hydrogen) atoms. The molecule has 1 fully saturated rings. The predicted octanol–water partition coefficient (Wildman–Crippen LogP) is 2.44. The van der Waals surface area contributed by atoms with Crippen LogP contribution in [0.3, 0.4) is 0 Å². The smallest absolute Gasteiger partial charge is 0.151 e. The van der Waals surface area contributed by atoms with Gasteiger partial charge >= 0.3 is 0 Å². The third-order valence-electron chi connectivity index (χ3n) is 4.17. The van der Waals surface area contributed by atoms with Gasteiger partial charge in [0.25, 0.3) is 0 Å². The fourth-order valence-electron chi connectivity index (χ4n) is 3.01. The summed E-state index contributed by atoms with van der Waals surface area (Å²) in [5.41, 5.74) is 2.62. The van der Waals surface area contributed by atoms with E-state index in [2.05, 4.69) is 50.4 Å². The fourth-order valence-corrected chi connectivity index (χ4v) is 4.68. The van der Waals surface area contributed by atoms with E-state index in [1.165, 1.54) is 11.1 Å². The summed E-state index contributed by atoms with van der Waals surface area (Å²) in [4.78, 5) is 0. The molecule has 1 saturated heterocycles. The van der Waals surface area contributed by atoms with E-state index in [4.69, 9.17) is 0 Å². The zero-order valence-corrected chi connectivity index (χ0v) is 13.5. The molecule has 1 unspecified atom stereocenters. The topological polar surface area (TPSA) is 46.2 Å². The highest BCUT2D eigenvalue weighted by atomic mass is 32.2. The first kappa shape index (κ1) is 15.5. The van der Waals surface area contributed by atoms with E-state index in [9.17, 15) is 8.42 Å². The summed E-state index contributed by atoms with van der Waals surface area (Å²) in [6.45, 7) is 7.35. The maximum atomic E-state index is 11.7. The maximum absolute atomic E-state index is 11.7. The Morgan fingerprint density at radius 3 is 2.65 bits per heavy atom. The number of rotatable bonds is 4. The molecule has 0 amide bonds. The van der Waals surface area contributed by atoms with Crippen molar-refractivity contribution in [3.05, 3.63) is 35.4 Å². The molecule has 1 aliphatic rings. The number of sulfone groups is 1. The first-order chi connectivity index (χ1) is 9.30. The highest BCUT2D eigenvalue weighted by molar-refractivity contribution is 7.91. The second-order valence-electron chi connectivity index (χ2n) is 6.53. The summed E-state index contributed by atoms with van der Waals surface area (Å²) in [7, 11) is -2.83. The van der Waals surface area contributed by atoms with Gasteiger partial charge in [0.15, 0.2) is 9.84 Å². The van der Waals surface area contributed by atoms with E-state index in [0.29, 0.717) is 5.75 Å². The normalized spacial score (nSPS) is 22.6. The zero-order valence-electron chi connectivity index (χ0n) is 12.6. The lowest BCUT2D eigenvalue weighted by Gasteiger charge is -2.31. The van der Waals surface area contributed by atoms with Crippen LogP contribution in [0.2, 0.25) is 0 Å². The van der Waals surface area contributed by atoms with Gasteiger partial charge in [-0.15, -0.1) is 0 Å². The van der Waals surface area contributed by atoms with Gasteiger partial charge in [-0.3, -0.25) is 0 Å². The molecule has 112 valence electrons. The Balaban J connectivity index is 2.01. The van der Waals surface area contributed by atoms with Crippen LogP contribution in [0.15, 0.2) is 24.3 Å². The maximum Gasteiger partial charge on any atom is 0.151 e. The molecule has 4 heteroatoms. The third kappa shape index (κ3) is 3.83. The minimum Gasteiger partial charge on any atom is -0.312 e. The molecule has 0 radical (unpaired) electrons. The standard InChI is InChI=1S/C16H25NO2S/c1-13-7-4-5-9-15(13)16(2,3)12-17-14-8-6-10-20(18,19)11-14/h4-5,7,9,14,17H,6,8,10-12H2,1-3H3. The second kappa shape index (κ2) is 5.86. The lowest BCUT2D eigenvalue weighted by atomic mass is 9.82. The van der Waals surface area contributed by atoms with Gasteiger partial charge in [0.2, 0.25) is 0 Å². The monoisotopic (exact) mass is 295 g/mol. The summed E-state index contributed by atoms with van der Waals surface area (Å²) in [5.74, 6) is 0.642. The Morgan fingerprint density at radius 2 is 2.00 bits per heavy atom. The van der Waals surface area contributed by atoms with E-state index in [0.717, 1.165) is 19.4 Å². The highest BCUT2D eigenvalue weighted by Crippen LogP contribution is 2.26. The van der Waals surface area contributed by atoms with Crippen molar-refractivity contribution < 1.29 is 8.42 Å². The van der Waals surface area contributed by atoms with E-state index < -0.39 is 9.84 Å². The number of aryl methyl sites for hydroxylation is 1. The first-order valence-corrected chi connectivity index (χ1v) is 9.12. The van der Waals surface area contributed by atoms with Crippen molar-refractivity contribution in [2.45, 2.75) is 45.1 Å². The summed E-state index contributed by atoms with van der Waals surface area (Å²) >= 11 is 0. The Kier molecular flexibility index (Phi) is 4.55. The van der Waals surface area contributed by atoms with Gasteiger partial charge in [-0.2, -0.15) is 0 Å². The van der Waals surface area contributed by atoms with Crippen LogP contribution >= 0.6 is 0 Å². The molecule has 1 heterocycles. The van der Waals surface area contributed by atoms with Crippen molar-refractivity contribution in [2.75, 3.05) is 18.1 Å². The SMILES string of the molecule is Cc1ccccc1C(C)(C)CNC1CCCS(=O)(=O)C1. The Hall–Kier alpha value is -0.870. The Morgan fingerprint density at radius 1 is 1.30 bits per heavy atom. The predicted molar refractivity (Wildman–Crippen MR) is 83.9 cm³/mol. The van der Waals surface area contributed by atoms with Gasteiger partial charge in [0.05, 0.1) is 11.5 Å². The van der Waals surface area contributed by atoms with Crippen LogP contribution in [0, 0.1) is 6.92 Å². The van der Waals surface area contributed by atoms with Crippen LogP contribution in [0.1, 0.15) is 37.8 Å². The third-order valence-corrected chi connectivity index (χ3v) is 5.99. The van der Waals surface area contributed by atoms with Crippen LogP contribution in [-0.4, -0.2) is 32.5 Å². The molecule has 2 rings (SSSR count). The highest BCUT2D eigenvalue weighted by Gasteiger charge is 2.28. The van der Waals surface area contributed by atoms with Crippen molar-refractivity contribution in [2.24, 2.45) is 0 Å². The molecule has 1 atom stereocenters. The first-order valence-electron chi connectivity index (χ1n) is 7.30. The summed E-state index contributed by atoms with van der Waals surface area (Å²) in [5, 5.41) is 3.46. The van der Waals surface area contributed by atoms with Crippen molar-refractivity contribution in [3.63, 3.8) is 0 Å². The van der Waals surface area contributed by atoms with E-state index in [1.54, 1.807) is 0 Å². The number of hydrogen-bond donors (Lipinski definition) is 1. The molecule has 1 aromatic carbocycles. The molecule has 1 aromatic rings. The van der Waals surface area contributed by atoms with Crippen LogP contribution in [0.25, 0.3) is 0 Å². The van der Waals surface area contributed by atoms with Gasteiger partial charge in [0, 0.05) is 18.0 Å². The molecule has 0 aliphatic carbocycles. The van der Waals surface area contributed by atoms with Gasteiger partial charge in [-0.25, -0.2) is 8.42 Å². The molecule has 1 N–H and O–H groups in total. The average molecular weight is 295 g/mol. The molecular weight excluding hydrogens is 270 g/mol. The summed E-state index contributed by atoms with van der Waals surface area (Å²) < 4.78 is 23.3. The molecule has 0 spiro atoms. The van der Waals surface area contributed by atoms with Crippen molar-refractivity contribution in [1.82, 2.24) is 5.32 Å². The molecule has 3 nitrogen and oxygen atoms in total. The van der Waals surface area contributed by atoms with Crippen LogP contribution in [-0.2, 0) is 15.3 Å². The van der Waals surface area contributed by atoms with Crippen molar-refractivity contribution in [3.8, 4) is 0 Å². The minimum atomic E-state index is -2.83.